The van der Waals surface area contributed by atoms with Crippen LogP contribution in [0.1, 0.15) is 44.0 Å². The molecule has 1 fully saturated rings. The van der Waals surface area contributed by atoms with E-state index < -0.39 is 0 Å². The quantitative estimate of drug-likeness (QED) is 0.745. The van der Waals surface area contributed by atoms with Gasteiger partial charge in [-0.15, -0.1) is 10.2 Å². The van der Waals surface area contributed by atoms with Crippen LogP contribution in [-0.2, 0) is 6.54 Å². The molecule has 0 aliphatic heterocycles. The third-order valence-corrected chi connectivity index (χ3v) is 2.80. The lowest BCUT2D eigenvalue weighted by atomic mass is 9.95. The smallest absolute Gasteiger partial charge is 0.146 e. The molecule has 0 aromatic carbocycles. The highest BCUT2D eigenvalue weighted by Gasteiger charge is 2.17. The maximum absolute atomic E-state index is 5.58. The molecule has 0 atom stereocenters. The van der Waals surface area contributed by atoms with E-state index in [1.54, 1.807) is 0 Å². The molecule has 2 rings (SSSR count). The third-order valence-electron chi connectivity index (χ3n) is 2.80. The summed E-state index contributed by atoms with van der Waals surface area (Å²) in [5, 5.41) is 7.90. The second-order valence-electron chi connectivity index (χ2n) is 3.65. The number of hydrogen-bond acceptors (Lipinski definition) is 3. The van der Waals surface area contributed by atoms with Crippen molar-refractivity contribution in [3.8, 4) is 0 Å². The average Bonchev–Trinajstić information content (AvgIpc) is 2.67. The molecule has 4 nitrogen and oxygen atoms in total. The Kier molecular flexibility index (Phi) is 2.59. The Morgan fingerprint density at radius 1 is 1.38 bits per heavy atom. The zero-order valence-corrected chi connectivity index (χ0v) is 7.82. The molecule has 0 spiro atoms. The van der Waals surface area contributed by atoms with Gasteiger partial charge in [0, 0.05) is 6.04 Å². The van der Waals surface area contributed by atoms with Crippen molar-refractivity contribution in [1.29, 1.82) is 0 Å². The van der Waals surface area contributed by atoms with Gasteiger partial charge >= 0.3 is 0 Å². The van der Waals surface area contributed by atoms with E-state index in [0.717, 1.165) is 5.82 Å². The van der Waals surface area contributed by atoms with Crippen molar-refractivity contribution < 1.29 is 0 Å². The maximum atomic E-state index is 5.58. The summed E-state index contributed by atoms with van der Waals surface area (Å²) < 4.78 is 2.15. The van der Waals surface area contributed by atoms with Gasteiger partial charge in [0.1, 0.15) is 12.2 Å². The first-order valence-corrected chi connectivity index (χ1v) is 5.00. The summed E-state index contributed by atoms with van der Waals surface area (Å²) in [6.07, 6.45) is 8.35. The predicted molar refractivity (Wildman–Crippen MR) is 50.0 cm³/mol. The first kappa shape index (κ1) is 8.69. The second kappa shape index (κ2) is 3.87. The molecule has 0 amide bonds. The summed E-state index contributed by atoms with van der Waals surface area (Å²) in [6, 6.07) is 0.599. The number of aromatic nitrogens is 3. The fraction of sp³-hybridized carbons (Fsp3) is 0.778. The maximum Gasteiger partial charge on any atom is 0.146 e. The fourth-order valence-corrected chi connectivity index (χ4v) is 2.08. The molecular formula is C9H16N4. The summed E-state index contributed by atoms with van der Waals surface area (Å²) in [7, 11) is 0. The summed E-state index contributed by atoms with van der Waals surface area (Å²) in [6.45, 7) is 0.497. The van der Waals surface area contributed by atoms with E-state index in [4.69, 9.17) is 5.73 Å². The van der Waals surface area contributed by atoms with Gasteiger partial charge < -0.3 is 10.3 Å². The van der Waals surface area contributed by atoms with Crippen molar-refractivity contribution in [3.63, 3.8) is 0 Å². The summed E-state index contributed by atoms with van der Waals surface area (Å²) in [5.41, 5.74) is 5.58. The number of rotatable bonds is 2. The van der Waals surface area contributed by atoms with Crippen LogP contribution in [0.3, 0.4) is 0 Å². The zero-order valence-electron chi connectivity index (χ0n) is 7.82. The summed E-state index contributed by atoms with van der Waals surface area (Å²) in [5.74, 6) is 0.923. The number of nitrogens with two attached hydrogens (primary N) is 1. The van der Waals surface area contributed by atoms with Crippen LogP contribution in [0.15, 0.2) is 6.33 Å². The lowest BCUT2D eigenvalue weighted by Crippen LogP contribution is -2.16. The topological polar surface area (TPSA) is 56.7 Å². The minimum absolute atomic E-state index is 0.497. The normalized spacial score (nSPS) is 19.2. The van der Waals surface area contributed by atoms with Gasteiger partial charge in [-0.05, 0) is 12.8 Å². The van der Waals surface area contributed by atoms with Crippen molar-refractivity contribution in [2.24, 2.45) is 5.73 Å². The molecule has 0 saturated heterocycles. The van der Waals surface area contributed by atoms with Gasteiger partial charge in [0.05, 0.1) is 6.54 Å². The molecule has 1 heterocycles. The van der Waals surface area contributed by atoms with E-state index in [0.29, 0.717) is 12.6 Å². The van der Waals surface area contributed by atoms with Crippen molar-refractivity contribution in [2.75, 3.05) is 0 Å². The van der Waals surface area contributed by atoms with Crippen LogP contribution in [-0.4, -0.2) is 14.8 Å². The van der Waals surface area contributed by atoms with Crippen molar-refractivity contribution >= 4 is 0 Å². The van der Waals surface area contributed by atoms with Crippen molar-refractivity contribution in [1.82, 2.24) is 14.8 Å². The van der Waals surface area contributed by atoms with Gasteiger partial charge in [-0.25, -0.2) is 0 Å². The molecule has 0 radical (unpaired) electrons. The molecule has 1 aromatic heterocycles. The Labute approximate surface area is 78.1 Å². The molecular weight excluding hydrogens is 164 g/mol. The first-order chi connectivity index (χ1) is 6.42. The van der Waals surface area contributed by atoms with Crippen LogP contribution >= 0.6 is 0 Å². The van der Waals surface area contributed by atoms with E-state index in [-0.39, 0.29) is 0 Å². The lowest BCUT2D eigenvalue weighted by molar-refractivity contribution is 0.345. The standard InChI is InChI=1S/C9H16N4/c10-6-9-12-11-7-13(9)8-4-2-1-3-5-8/h7-8H,1-6,10H2. The minimum Gasteiger partial charge on any atom is -0.324 e. The SMILES string of the molecule is NCc1nncn1C1CCCCC1. The van der Waals surface area contributed by atoms with E-state index in [2.05, 4.69) is 14.8 Å². The number of nitrogens with zero attached hydrogens (tertiary/aromatic N) is 3. The van der Waals surface area contributed by atoms with Gasteiger partial charge in [0.2, 0.25) is 0 Å². The van der Waals surface area contributed by atoms with Crippen LogP contribution in [0.2, 0.25) is 0 Å². The molecule has 4 heteroatoms. The van der Waals surface area contributed by atoms with Crippen LogP contribution in [0.5, 0.6) is 0 Å². The minimum atomic E-state index is 0.497. The Balaban J connectivity index is 2.13. The van der Waals surface area contributed by atoms with Crippen LogP contribution in [0, 0.1) is 0 Å². The second-order valence-corrected chi connectivity index (χ2v) is 3.65. The molecule has 1 aromatic rings. The van der Waals surface area contributed by atoms with Gasteiger partial charge in [-0.2, -0.15) is 0 Å². The van der Waals surface area contributed by atoms with E-state index in [1.807, 2.05) is 6.33 Å². The van der Waals surface area contributed by atoms with Gasteiger partial charge in [0.15, 0.2) is 0 Å². The third kappa shape index (κ3) is 1.72. The Hall–Kier alpha value is -0.900. The van der Waals surface area contributed by atoms with Crippen molar-refractivity contribution in [3.05, 3.63) is 12.2 Å². The largest absolute Gasteiger partial charge is 0.324 e. The highest BCUT2D eigenvalue weighted by atomic mass is 15.3. The highest BCUT2D eigenvalue weighted by molar-refractivity contribution is 4.89. The Morgan fingerprint density at radius 2 is 2.15 bits per heavy atom. The molecule has 0 bridgehead atoms. The summed E-state index contributed by atoms with van der Waals surface area (Å²) in [4.78, 5) is 0. The molecule has 2 N–H and O–H groups in total. The van der Waals surface area contributed by atoms with Gasteiger partial charge in [-0.1, -0.05) is 19.3 Å². The summed E-state index contributed by atoms with van der Waals surface area (Å²) >= 11 is 0. The molecule has 13 heavy (non-hydrogen) atoms. The Bertz CT molecular complexity index is 262. The Morgan fingerprint density at radius 3 is 2.85 bits per heavy atom. The van der Waals surface area contributed by atoms with E-state index in [9.17, 15) is 0 Å². The van der Waals surface area contributed by atoms with Crippen LogP contribution < -0.4 is 5.73 Å². The molecule has 72 valence electrons. The van der Waals surface area contributed by atoms with Gasteiger partial charge in [-0.3, -0.25) is 0 Å². The zero-order chi connectivity index (χ0) is 9.10. The first-order valence-electron chi connectivity index (χ1n) is 5.00. The monoisotopic (exact) mass is 180 g/mol. The highest BCUT2D eigenvalue weighted by Crippen LogP contribution is 2.28. The predicted octanol–water partition coefficient (Wildman–Crippen LogP) is 1.24. The molecule has 0 unspecified atom stereocenters. The van der Waals surface area contributed by atoms with E-state index >= 15 is 0 Å². The van der Waals surface area contributed by atoms with Crippen LogP contribution in [0.25, 0.3) is 0 Å². The number of hydrogen-bond donors (Lipinski definition) is 1. The molecule has 1 aliphatic carbocycles. The lowest BCUT2D eigenvalue weighted by Gasteiger charge is -2.23. The van der Waals surface area contributed by atoms with Gasteiger partial charge in [0.25, 0.3) is 0 Å². The molecule has 1 saturated carbocycles. The van der Waals surface area contributed by atoms with Crippen LogP contribution in [0.4, 0.5) is 0 Å². The molecule has 1 aliphatic rings. The average molecular weight is 180 g/mol. The van der Waals surface area contributed by atoms with Crippen molar-refractivity contribution in [2.45, 2.75) is 44.7 Å². The fourth-order valence-electron chi connectivity index (χ4n) is 2.08. The van der Waals surface area contributed by atoms with E-state index in [1.165, 1.54) is 32.1 Å².